The van der Waals surface area contributed by atoms with Crippen molar-refractivity contribution < 1.29 is 9.31 Å². The molecule has 0 N–H and O–H groups in total. The molecule has 0 atom stereocenters. The first-order valence-electron chi connectivity index (χ1n) is 3.81. The highest BCUT2D eigenvalue weighted by Gasteiger charge is 2.11. The predicted molar refractivity (Wildman–Crippen MR) is 55.9 cm³/mol. The van der Waals surface area contributed by atoms with Crippen LogP contribution < -0.4 is 0 Å². The van der Waals surface area contributed by atoms with E-state index in [-0.39, 0.29) is 5.69 Å². The third kappa shape index (κ3) is 2.63. The summed E-state index contributed by atoms with van der Waals surface area (Å²) in [6, 6.07) is 3.49. The quantitative estimate of drug-likeness (QED) is 0.476. The molecule has 0 aliphatic heterocycles. The smallest absolute Gasteiger partial charge is 0.258 e. The highest BCUT2D eigenvalue weighted by molar-refractivity contribution is 9.09. The third-order valence-corrected chi connectivity index (χ3v) is 1.95. The molecule has 0 saturated heterocycles. The lowest BCUT2D eigenvalue weighted by atomic mass is 10.1. The molecule has 5 heteroatoms. The summed E-state index contributed by atoms with van der Waals surface area (Å²) in [4.78, 5) is 9.93. The first kappa shape index (κ1) is 10.8. The second kappa shape index (κ2) is 4.85. The monoisotopic (exact) mass is 259 g/mol. The zero-order chi connectivity index (χ0) is 10.6. The van der Waals surface area contributed by atoms with Gasteiger partial charge in [-0.1, -0.05) is 28.1 Å². The second-order valence-corrected chi connectivity index (χ2v) is 3.16. The van der Waals surface area contributed by atoms with Gasteiger partial charge in [0.2, 0.25) is 0 Å². The van der Waals surface area contributed by atoms with Crippen LogP contribution in [0.4, 0.5) is 10.1 Å². The number of halogens is 2. The number of alkyl halides is 1. The van der Waals surface area contributed by atoms with Crippen LogP contribution in [0.2, 0.25) is 0 Å². The molecule has 0 amide bonds. The lowest BCUT2D eigenvalue weighted by molar-refractivity contribution is -0.385. The molecule has 3 nitrogen and oxygen atoms in total. The molecule has 0 heterocycles. The summed E-state index contributed by atoms with van der Waals surface area (Å²) in [5.74, 6) is -0.604. The Morgan fingerprint density at radius 1 is 1.57 bits per heavy atom. The summed E-state index contributed by atoms with van der Waals surface area (Å²) < 4.78 is 12.7. The first-order chi connectivity index (χ1) is 6.65. The SMILES string of the molecule is O=[N+]([O-])c1cc(F)ccc1C=CCBr. The molecule has 0 fully saturated rings. The van der Waals surface area contributed by atoms with E-state index in [0.717, 1.165) is 6.07 Å². The minimum Gasteiger partial charge on any atom is -0.258 e. The van der Waals surface area contributed by atoms with Gasteiger partial charge in [0.1, 0.15) is 5.82 Å². The Bertz CT molecular complexity index is 379. The molecule has 0 saturated carbocycles. The van der Waals surface area contributed by atoms with E-state index >= 15 is 0 Å². The van der Waals surface area contributed by atoms with E-state index in [4.69, 9.17) is 0 Å². The number of nitrogens with zero attached hydrogens (tertiary/aromatic N) is 1. The number of rotatable bonds is 3. The van der Waals surface area contributed by atoms with Gasteiger partial charge in [-0.05, 0) is 12.1 Å². The van der Waals surface area contributed by atoms with Crippen molar-refractivity contribution in [3.8, 4) is 0 Å². The number of nitro benzene ring substituents is 1. The zero-order valence-corrected chi connectivity index (χ0v) is 8.70. The van der Waals surface area contributed by atoms with Crippen LogP contribution in [-0.4, -0.2) is 10.3 Å². The fourth-order valence-corrected chi connectivity index (χ4v) is 1.17. The van der Waals surface area contributed by atoms with Gasteiger partial charge in [-0.15, -0.1) is 0 Å². The molecule has 1 aromatic carbocycles. The summed E-state index contributed by atoms with van der Waals surface area (Å²) >= 11 is 3.15. The Balaban J connectivity index is 3.15. The van der Waals surface area contributed by atoms with Crippen LogP contribution >= 0.6 is 15.9 Å². The molecule has 0 radical (unpaired) electrons. The Hall–Kier alpha value is -1.23. The molecule has 0 unspecified atom stereocenters. The highest BCUT2D eigenvalue weighted by atomic mass is 79.9. The van der Waals surface area contributed by atoms with Gasteiger partial charge in [0, 0.05) is 5.33 Å². The molecule has 0 spiro atoms. The normalized spacial score (nSPS) is 10.7. The average Bonchev–Trinajstić information content (AvgIpc) is 2.15. The largest absolute Gasteiger partial charge is 0.279 e. The molecule has 74 valence electrons. The number of benzene rings is 1. The second-order valence-electron chi connectivity index (χ2n) is 2.52. The Morgan fingerprint density at radius 3 is 2.86 bits per heavy atom. The highest BCUT2D eigenvalue weighted by Crippen LogP contribution is 2.20. The Morgan fingerprint density at radius 2 is 2.29 bits per heavy atom. The van der Waals surface area contributed by atoms with Gasteiger partial charge in [0.05, 0.1) is 16.6 Å². The molecule has 0 bridgehead atoms. The van der Waals surface area contributed by atoms with Crippen molar-refractivity contribution in [3.05, 3.63) is 45.8 Å². The number of hydrogen-bond acceptors (Lipinski definition) is 2. The van der Waals surface area contributed by atoms with Crippen LogP contribution in [0.3, 0.4) is 0 Å². The van der Waals surface area contributed by atoms with Gasteiger partial charge in [0.15, 0.2) is 0 Å². The lowest BCUT2D eigenvalue weighted by Gasteiger charge is -1.96. The number of allylic oxidation sites excluding steroid dienone is 1. The maximum Gasteiger partial charge on any atom is 0.279 e. The number of nitro groups is 1. The van der Waals surface area contributed by atoms with E-state index in [1.807, 2.05) is 0 Å². The van der Waals surface area contributed by atoms with Crippen molar-refractivity contribution in [1.29, 1.82) is 0 Å². The minimum absolute atomic E-state index is 0.220. The van der Waals surface area contributed by atoms with E-state index in [9.17, 15) is 14.5 Å². The molecule has 1 aromatic rings. The number of hydrogen-bond donors (Lipinski definition) is 0. The van der Waals surface area contributed by atoms with Crippen molar-refractivity contribution in [2.75, 3.05) is 5.33 Å². The van der Waals surface area contributed by atoms with E-state index in [0.29, 0.717) is 10.9 Å². The van der Waals surface area contributed by atoms with Crippen molar-refractivity contribution in [2.24, 2.45) is 0 Å². The summed E-state index contributed by atoms with van der Waals surface area (Å²) in [6.07, 6.45) is 3.28. The summed E-state index contributed by atoms with van der Waals surface area (Å²) in [7, 11) is 0. The summed E-state index contributed by atoms with van der Waals surface area (Å²) in [6.45, 7) is 0. The zero-order valence-electron chi connectivity index (χ0n) is 7.11. The van der Waals surface area contributed by atoms with E-state index in [1.54, 1.807) is 12.2 Å². The van der Waals surface area contributed by atoms with Crippen LogP contribution in [0.1, 0.15) is 5.56 Å². The third-order valence-electron chi connectivity index (χ3n) is 1.58. The molecule has 0 aliphatic rings. The van der Waals surface area contributed by atoms with E-state index < -0.39 is 10.7 Å². The Labute approximate surface area is 88.5 Å². The predicted octanol–water partition coefficient (Wildman–Crippen LogP) is 3.14. The van der Waals surface area contributed by atoms with Gasteiger partial charge in [-0.25, -0.2) is 4.39 Å². The maximum atomic E-state index is 12.7. The fourth-order valence-electron chi connectivity index (χ4n) is 0.987. The van der Waals surface area contributed by atoms with Crippen LogP contribution in [0.25, 0.3) is 6.08 Å². The van der Waals surface area contributed by atoms with E-state index in [1.165, 1.54) is 12.1 Å². The lowest BCUT2D eigenvalue weighted by Crippen LogP contribution is -1.92. The van der Waals surface area contributed by atoms with Gasteiger partial charge >= 0.3 is 0 Å². The molecular formula is C9H7BrFNO2. The minimum atomic E-state index is -0.604. The molecule has 0 aromatic heterocycles. The first-order valence-corrected chi connectivity index (χ1v) is 4.93. The molecular weight excluding hydrogens is 253 g/mol. The van der Waals surface area contributed by atoms with Crippen molar-refractivity contribution in [3.63, 3.8) is 0 Å². The maximum absolute atomic E-state index is 12.7. The van der Waals surface area contributed by atoms with Crippen molar-refractivity contribution >= 4 is 27.7 Å². The Kier molecular flexibility index (Phi) is 3.76. The average molecular weight is 260 g/mol. The van der Waals surface area contributed by atoms with Gasteiger partial charge in [-0.2, -0.15) is 0 Å². The van der Waals surface area contributed by atoms with Crippen LogP contribution in [-0.2, 0) is 0 Å². The van der Waals surface area contributed by atoms with Gasteiger partial charge < -0.3 is 0 Å². The van der Waals surface area contributed by atoms with E-state index in [2.05, 4.69) is 15.9 Å². The summed E-state index contributed by atoms with van der Waals surface area (Å²) in [5, 5.41) is 11.1. The molecule has 14 heavy (non-hydrogen) atoms. The van der Waals surface area contributed by atoms with Gasteiger partial charge in [-0.3, -0.25) is 10.1 Å². The van der Waals surface area contributed by atoms with Crippen LogP contribution in [0.5, 0.6) is 0 Å². The topological polar surface area (TPSA) is 43.1 Å². The van der Waals surface area contributed by atoms with Crippen LogP contribution in [0, 0.1) is 15.9 Å². The fraction of sp³-hybridized carbons (Fsp3) is 0.111. The van der Waals surface area contributed by atoms with Crippen molar-refractivity contribution in [1.82, 2.24) is 0 Å². The summed E-state index contributed by atoms with van der Waals surface area (Å²) in [5.41, 5.74) is 0.179. The molecule has 1 rings (SSSR count). The standard InChI is InChI=1S/C9H7BrFNO2/c10-5-1-2-7-3-4-8(11)6-9(7)12(13)14/h1-4,6H,5H2. The molecule has 0 aliphatic carbocycles. The van der Waals surface area contributed by atoms with Gasteiger partial charge in [0.25, 0.3) is 5.69 Å². The van der Waals surface area contributed by atoms with Crippen LogP contribution in [0.15, 0.2) is 24.3 Å². The van der Waals surface area contributed by atoms with Crippen molar-refractivity contribution in [2.45, 2.75) is 0 Å².